The molecule has 1 fully saturated rings. The number of rotatable bonds is 3. The van der Waals surface area contributed by atoms with E-state index in [1.807, 2.05) is 26.0 Å². The Balaban J connectivity index is 2.14. The van der Waals surface area contributed by atoms with Crippen molar-refractivity contribution in [3.8, 4) is 0 Å². The van der Waals surface area contributed by atoms with Gasteiger partial charge in [-0.15, -0.1) is 0 Å². The van der Waals surface area contributed by atoms with Crippen molar-refractivity contribution in [3.05, 3.63) is 28.8 Å². The molecule has 1 aromatic carbocycles. The van der Waals surface area contributed by atoms with Crippen molar-refractivity contribution in [1.29, 1.82) is 0 Å². The first-order chi connectivity index (χ1) is 9.38. The number of aryl methyl sites for hydroxylation is 2. The van der Waals surface area contributed by atoms with Gasteiger partial charge in [0.15, 0.2) is 0 Å². The Morgan fingerprint density at radius 2 is 1.95 bits per heavy atom. The Hall–Kier alpha value is -2.04. The van der Waals surface area contributed by atoms with E-state index in [-0.39, 0.29) is 18.1 Å². The first-order valence-corrected chi connectivity index (χ1v) is 6.69. The number of cyclic esters (lactones) is 1. The van der Waals surface area contributed by atoms with Crippen molar-refractivity contribution < 1.29 is 14.3 Å². The number of hydrogen-bond acceptors (Lipinski definition) is 3. The predicted molar refractivity (Wildman–Crippen MR) is 77.0 cm³/mol. The van der Waals surface area contributed by atoms with Gasteiger partial charge in [0.2, 0.25) is 5.91 Å². The normalized spacial score (nSPS) is 18.1. The van der Waals surface area contributed by atoms with Crippen LogP contribution in [0.15, 0.2) is 12.1 Å². The molecule has 0 radical (unpaired) electrons. The van der Waals surface area contributed by atoms with Gasteiger partial charge < -0.3 is 10.1 Å². The number of carbonyl (C=O) groups is 2. The summed E-state index contributed by atoms with van der Waals surface area (Å²) in [5, 5.41) is 2.67. The van der Waals surface area contributed by atoms with Gasteiger partial charge in [0, 0.05) is 12.6 Å². The Bertz CT molecular complexity index is 531. The fraction of sp³-hybridized carbons (Fsp3) is 0.467. The molecule has 0 spiro atoms. The van der Waals surface area contributed by atoms with Gasteiger partial charge >= 0.3 is 6.09 Å². The summed E-state index contributed by atoms with van der Waals surface area (Å²) in [7, 11) is 0. The fourth-order valence-electron chi connectivity index (χ4n) is 2.26. The van der Waals surface area contributed by atoms with Crippen LogP contribution in [0.2, 0.25) is 0 Å². The highest BCUT2D eigenvalue weighted by Crippen LogP contribution is 2.26. The van der Waals surface area contributed by atoms with Crippen LogP contribution >= 0.6 is 0 Å². The van der Waals surface area contributed by atoms with E-state index in [9.17, 15) is 9.59 Å². The molecule has 1 aliphatic rings. The molecular weight excluding hydrogens is 256 g/mol. The number of benzene rings is 1. The van der Waals surface area contributed by atoms with E-state index in [0.29, 0.717) is 13.1 Å². The average molecular weight is 276 g/mol. The third-order valence-corrected chi connectivity index (χ3v) is 3.68. The lowest BCUT2D eigenvalue weighted by Gasteiger charge is -2.16. The number of nitrogens with one attached hydrogen (secondary N) is 1. The highest BCUT2D eigenvalue weighted by atomic mass is 16.6. The van der Waals surface area contributed by atoms with Crippen molar-refractivity contribution in [2.24, 2.45) is 0 Å². The highest BCUT2D eigenvalue weighted by molar-refractivity contribution is 5.90. The van der Waals surface area contributed by atoms with Crippen LogP contribution in [-0.4, -0.2) is 31.2 Å². The second-order valence-electron chi connectivity index (χ2n) is 5.26. The maximum absolute atomic E-state index is 11.9. The van der Waals surface area contributed by atoms with Gasteiger partial charge in [-0.3, -0.25) is 9.69 Å². The minimum absolute atomic E-state index is 0.124. The van der Waals surface area contributed by atoms with E-state index in [0.717, 1.165) is 16.8 Å². The van der Waals surface area contributed by atoms with Gasteiger partial charge in [0.1, 0.15) is 6.10 Å². The maximum Gasteiger partial charge on any atom is 0.414 e. The smallest absolute Gasteiger partial charge is 0.414 e. The minimum atomic E-state index is -0.358. The molecule has 108 valence electrons. The standard InChI is InChI=1S/C15H20N2O3/c1-9-5-13(6-10(2)11(9)3)17-8-14(20-15(17)19)7-16-12(4)18/h5-6,14H,7-8H2,1-4H3,(H,16,18)/t14-/m0/s1. The SMILES string of the molecule is CC(=O)NC[C@H]1CN(c2cc(C)c(C)c(C)c2)C(=O)O1. The summed E-state index contributed by atoms with van der Waals surface area (Å²) in [6.45, 7) is 8.38. The van der Waals surface area contributed by atoms with Crippen LogP contribution in [0.5, 0.6) is 0 Å². The molecule has 1 atom stereocenters. The number of hydrogen-bond donors (Lipinski definition) is 1. The van der Waals surface area contributed by atoms with Crippen LogP contribution in [0.1, 0.15) is 23.6 Å². The molecular formula is C15H20N2O3. The van der Waals surface area contributed by atoms with Crippen molar-refractivity contribution in [2.75, 3.05) is 18.0 Å². The van der Waals surface area contributed by atoms with Gasteiger partial charge in [0.25, 0.3) is 0 Å². The lowest BCUT2D eigenvalue weighted by molar-refractivity contribution is -0.119. The molecule has 20 heavy (non-hydrogen) atoms. The Kier molecular flexibility index (Phi) is 3.97. The lowest BCUT2D eigenvalue weighted by Crippen LogP contribution is -2.33. The van der Waals surface area contributed by atoms with Crippen molar-refractivity contribution >= 4 is 17.7 Å². The van der Waals surface area contributed by atoms with Gasteiger partial charge in [-0.1, -0.05) is 0 Å². The maximum atomic E-state index is 11.9. The molecule has 0 aliphatic carbocycles. The third kappa shape index (κ3) is 2.92. The minimum Gasteiger partial charge on any atom is -0.442 e. The Morgan fingerprint density at radius 3 is 2.50 bits per heavy atom. The number of nitrogens with zero attached hydrogens (tertiary/aromatic N) is 1. The summed E-state index contributed by atoms with van der Waals surface area (Å²) in [6, 6.07) is 3.98. The summed E-state index contributed by atoms with van der Waals surface area (Å²) >= 11 is 0. The third-order valence-electron chi connectivity index (χ3n) is 3.68. The number of anilines is 1. The second kappa shape index (κ2) is 5.53. The zero-order chi connectivity index (χ0) is 14.9. The summed E-state index contributed by atoms with van der Waals surface area (Å²) in [4.78, 5) is 24.4. The summed E-state index contributed by atoms with van der Waals surface area (Å²) in [5.41, 5.74) is 4.38. The number of amides is 2. The zero-order valence-corrected chi connectivity index (χ0v) is 12.3. The second-order valence-corrected chi connectivity index (χ2v) is 5.26. The summed E-state index contributed by atoms with van der Waals surface area (Å²) in [6.07, 6.45) is -0.656. The molecule has 1 heterocycles. The van der Waals surface area contributed by atoms with E-state index < -0.39 is 0 Å². The summed E-state index contributed by atoms with van der Waals surface area (Å²) in [5.74, 6) is -0.124. The quantitative estimate of drug-likeness (QED) is 0.919. The van der Waals surface area contributed by atoms with E-state index >= 15 is 0 Å². The monoisotopic (exact) mass is 276 g/mol. The molecule has 5 heteroatoms. The molecule has 0 unspecified atom stereocenters. The van der Waals surface area contributed by atoms with Gasteiger partial charge in [0.05, 0.1) is 13.1 Å². The molecule has 2 amide bonds. The average Bonchev–Trinajstić information content (AvgIpc) is 2.74. The number of ether oxygens (including phenoxy) is 1. The van der Waals surface area contributed by atoms with E-state index in [2.05, 4.69) is 12.2 Å². The van der Waals surface area contributed by atoms with E-state index in [1.165, 1.54) is 12.5 Å². The topological polar surface area (TPSA) is 58.6 Å². The van der Waals surface area contributed by atoms with Crippen LogP contribution in [0, 0.1) is 20.8 Å². The number of carbonyl (C=O) groups excluding carboxylic acids is 2. The summed E-state index contributed by atoms with van der Waals surface area (Å²) < 4.78 is 5.26. The molecule has 1 N–H and O–H groups in total. The first kappa shape index (κ1) is 14.4. The Labute approximate surface area is 118 Å². The first-order valence-electron chi connectivity index (χ1n) is 6.69. The molecule has 1 aliphatic heterocycles. The molecule has 1 saturated heterocycles. The molecule has 2 rings (SSSR count). The molecule has 0 saturated carbocycles. The van der Waals surface area contributed by atoms with Crippen LogP contribution in [-0.2, 0) is 9.53 Å². The molecule has 0 bridgehead atoms. The van der Waals surface area contributed by atoms with Crippen LogP contribution < -0.4 is 10.2 Å². The van der Waals surface area contributed by atoms with Crippen molar-refractivity contribution in [1.82, 2.24) is 5.32 Å². The molecule has 1 aromatic rings. The van der Waals surface area contributed by atoms with Gasteiger partial charge in [-0.25, -0.2) is 4.79 Å². The van der Waals surface area contributed by atoms with Crippen LogP contribution in [0.4, 0.5) is 10.5 Å². The van der Waals surface area contributed by atoms with Gasteiger partial charge in [-0.2, -0.15) is 0 Å². The predicted octanol–water partition coefficient (Wildman–Crippen LogP) is 2.07. The van der Waals surface area contributed by atoms with Gasteiger partial charge in [-0.05, 0) is 49.6 Å². The van der Waals surface area contributed by atoms with E-state index in [1.54, 1.807) is 4.90 Å². The van der Waals surface area contributed by atoms with Crippen molar-refractivity contribution in [3.63, 3.8) is 0 Å². The molecule has 5 nitrogen and oxygen atoms in total. The fourth-order valence-corrected chi connectivity index (χ4v) is 2.26. The molecule has 0 aromatic heterocycles. The van der Waals surface area contributed by atoms with Crippen LogP contribution in [0.3, 0.4) is 0 Å². The highest BCUT2D eigenvalue weighted by Gasteiger charge is 2.32. The largest absolute Gasteiger partial charge is 0.442 e. The van der Waals surface area contributed by atoms with E-state index in [4.69, 9.17) is 4.74 Å². The zero-order valence-electron chi connectivity index (χ0n) is 12.3. The van der Waals surface area contributed by atoms with Crippen LogP contribution in [0.25, 0.3) is 0 Å². The Morgan fingerprint density at radius 1 is 1.35 bits per heavy atom. The lowest BCUT2D eigenvalue weighted by atomic mass is 10.0. The van der Waals surface area contributed by atoms with Crippen molar-refractivity contribution in [2.45, 2.75) is 33.8 Å².